The molecule has 8 aromatic carbocycles. The highest BCUT2D eigenvalue weighted by atomic mass is 15.0. The molecule has 0 atom stereocenters. The van der Waals surface area contributed by atoms with Crippen molar-refractivity contribution in [3.05, 3.63) is 158 Å². The Kier molecular flexibility index (Phi) is 5.03. The molecule has 208 valence electrons. The maximum atomic E-state index is 4.96. The van der Waals surface area contributed by atoms with E-state index in [0.717, 1.165) is 16.9 Å². The van der Waals surface area contributed by atoms with Gasteiger partial charge in [0.25, 0.3) is 0 Å². The third-order valence-electron chi connectivity index (χ3n) is 9.56. The zero-order valence-corrected chi connectivity index (χ0v) is 24.4. The second-order valence-electron chi connectivity index (χ2n) is 12.0. The molecule has 10 aromatic rings. The van der Waals surface area contributed by atoms with Crippen molar-refractivity contribution in [2.45, 2.75) is 0 Å². The van der Waals surface area contributed by atoms with Gasteiger partial charge in [0, 0.05) is 18.0 Å². The second kappa shape index (κ2) is 9.25. The van der Waals surface area contributed by atoms with E-state index in [0.29, 0.717) is 0 Å². The van der Waals surface area contributed by atoms with Crippen molar-refractivity contribution in [1.82, 2.24) is 9.38 Å². The van der Waals surface area contributed by atoms with Crippen LogP contribution in [-0.4, -0.2) is 9.38 Å². The predicted octanol–water partition coefficient (Wildman–Crippen LogP) is 11.6. The maximum Gasteiger partial charge on any atom is 0.137 e. The zero-order valence-electron chi connectivity index (χ0n) is 24.4. The van der Waals surface area contributed by atoms with Gasteiger partial charge in [0.2, 0.25) is 0 Å². The van der Waals surface area contributed by atoms with Gasteiger partial charge in [-0.15, -0.1) is 0 Å². The lowest BCUT2D eigenvalue weighted by molar-refractivity contribution is 1.19. The molecule has 0 aliphatic heterocycles. The molecular weight excluding hydrogens is 544 g/mol. The van der Waals surface area contributed by atoms with Crippen LogP contribution in [0.25, 0.3) is 92.7 Å². The summed E-state index contributed by atoms with van der Waals surface area (Å²) in [4.78, 5) is 4.96. The topological polar surface area (TPSA) is 17.3 Å². The first-order valence-electron chi connectivity index (χ1n) is 15.5. The molecule has 0 fully saturated rings. The molecule has 2 heterocycles. The molecule has 45 heavy (non-hydrogen) atoms. The lowest BCUT2D eigenvalue weighted by Crippen LogP contribution is -1.89. The van der Waals surface area contributed by atoms with Crippen LogP contribution in [0.2, 0.25) is 0 Å². The molecule has 0 saturated carbocycles. The molecule has 0 radical (unpaired) electrons. The fraction of sp³-hybridized carbons (Fsp3) is 0. The van der Waals surface area contributed by atoms with Crippen molar-refractivity contribution in [3.63, 3.8) is 0 Å². The van der Waals surface area contributed by atoms with E-state index in [4.69, 9.17) is 4.98 Å². The van der Waals surface area contributed by atoms with Crippen LogP contribution in [-0.2, 0) is 0 Å². The third-order valence-corrected chi connectivity index (χ3v) is 9.56. The summed E-state index contributed by atoms with van der Waals surface area (Å²) in [6, 6.07) is 53.3. The smallest absolute Gasteiger partial charge is 0.137 e. The van der Waals surface area contributed by atoms with E-state index in [-0.39, 0.29) is 0 Å². The van der Waals surface area contributed by atoms with Gasteiger partial charge < -0.3 is 4.40 Å². The van der Waals surface area contributed by atoms with E-state index in [1.807, 2.05) is 12.1 Å². The number of rotatable bonds is 2. The minimum atomic E-state index is 0.952. The van der Waals surface area contributed by atoms with Gasteiger partial charge in [-0.25, -0.2) is 4.98 Å². The minimum Gasteiger partial charge on any atom is -0.306 e. The van der Waals surface area contributed by atoms with Crippen LogP contribution in [0.3, 0.4) is 0 Å². The Morgan fingerprint density at radius 3 is 1.73 bits per heavy atom. The molecule has 0 aliphatic rings. The number of hydrogen-bond donors (Lipinski definition) is 0. The van der Waals surface area contributed by atoms with Crippen LogP contribution in [0.5, 0.6) is 0 Å². The summed E-state index contributed by atoms with van der Waals surface area (Å²) in [5, 5.41) is 15.3. The first-order valence-corrected chi connectivity index (χ1v) is 15.5. The van der Waals surface area contributed by atoms with Crippen molar-refractivity contribution in [2.75, 3.05) is 0 Å². The van der Waals surface area contributed by atoms with Crippen LogP contribution < -0.4 is 0 Å². The summed E-state index contributed by atoms with van der Waals surface area (Å²) >= 11 is 0. The fourth-order valence-electron chi connectivity index (χ4n) is 7.58. The van der Waals surface area contributed by atoms with Gasteiger partial charge in [0.15, 0.2) is 0 Å². The summed E-state index contributed by atoms with van der Waals surface area (Å²) in [7, 11) is 0. The number of benzene rings is 7. The molecule has 2 aromatic heterocycles. The van der Waals surface area contributed by atoms with E-state index in [1.165, 1.54) is 75.8 Å². The van der Waals surface area contributed by atoms with Crippen LogP contribution in [0.1, 0.15) is 0 Å². The van der Waals surface area contributed by atoms with Crippen LogP contribution in [0.15, 0.2) is 158 Å². The number of hydrogen-bond acceptors (Lipinski definition) is 1. The van der Waals surface area contributed by atoms with E-state index >= 15 is 0 Å². The van der Waals surface area contributed by atoms with Crippen LogP contribution in [0, 0.1) is 0 Å². The normalized spacial score (nSPS) is 12.0. The van der Waals surface area contributed by atoms with Crippen molar-refractivity contribution >= 4 is 70.3 Å². The molecule has 10 rings (SSSR count). The third kappa shape index (κ3) is 3.54. The molecule has 2 nitrogen and oxygen atoms in total. The molecule has 0 saturated heterocycles. The monoisotopic (exact) mass is 570 g/mol. The fourth-order valence-corrected chi connectivity index (χ4v) is 7.58. The summed E-state index contributed by atoms with van der Waals surface area (Å²) in [5.74, 6) is 0. The van der Waals surface area contributed by atoms with Gasteiger partial charge in [-0.05, 0) is 100 Å². The van der Waals surface area contributed by atoms with Gasteiger partial charge in [-0.1, -0.05) is 121 Å². The van der Waals surface area contributed by atoms with Crippen molar-refractivity contribution in [2.24, 2.45) is 0 Å². The number of imidazole rings is 1. The highest BCUT2D eigenvalue weighted by Crippen LogP contribution is 2.43. The second-order valence-corrected chi connectivity index (χ2v) is 12.0. The summed E-state index contributed by atoms with van der Waals surface area (Å²) in [5.41, 5.74) is 5.52. The average molecular weight is 571 g/mol. The Morgan fingerprint density at radius 2 is 0.978 bits per heavy atom. The van der Waals surface area contributed by atoms with Crippen LogP contribution >= 0.6 is 0 Å². The number of nitrogens with zero attached hydrogens (tertiary/aromatic N) is 2. The first-order chi connectivity index (χ1) is 22.3. The molecular formula is C43H26N2. The van der Waals surface area contributed by atoms with E-state index in [2.05, 4.69) is 150 Å². The van der Waals surface area contributed by atoms with Gasteiger partial charge in [-0.2, -0.15) is 0 Å². The number of pyridine rings is 1. The Morgan fingerprint density at radius 1 is 0.400 bits per heavy atom. The average Bonchev–Trinajstić information content (AvgIpc) is 3.54. The molecule has 0 amide bonds. The molecule has 2 heteroatoms. The van der Waals surface area contributed by atoms with Crippen molar-refractivity contribution < 1.29 is 0 Å². The lowest BCUT2D eigenvalue weighted by Gasteiger charge is -2.16. The van der Waals surface area contributed by atoms with Gasteiger partial charge in [0.05, 0.1) is 5.69 Å². The summed E-state index contributed by atoms with van der Waals surface area (Å²) in [6.45, 7) is 0. The Labute approximate surface area is 259 Å². The quantitative estimate of drug-likeness (QED) is 0.189. The van der Waals surface area contributed by atoms with Crippen molar-refractivity contribution in [1.29, 1.82) is 0 Å². The minimum absolute atomic E-state index is 0.952. The summed E-state index contributed by atoms with van der Waals surface area (Å²) < 4.78 is 2.09. The molecule has 0 unspecified atom stereocenters. The Bertz CT molecular complexity index is 2790. The van der Waals surface area contributed by atoms with Crippen LogP contribution in [0.4, 0.5) is 0 Å². The first kappa shape index (κ1) is 24.5. The SMILES string of the molecule is c1ccc2c(-c3cn4ccccc4n3)ccc(-c3cc4ccc5cccc6c7ccccc7c7ccccc7c(c3)c4c56)c2c1. The molecule has 0 spiro atoms. The summed E-state index contributed by atoms with van der Waals surface area (Å²) in [6.07, 6.45) is 4.18. The van der Waals surface area contributed by atoms with Gasteiger partial charge in [0.1, 0.15) is 5.65 Å². The molecule has 0 N–H and O–H groups in total. The lowest BCUT2D eigenvalue weighted by atomic mass is 9.87. The maximum absolute atomic E-state index is 4.96. The standard InChI is InChI=1S/C43H26N2/c1-4-14-34-31(11-1)30(21-22-37(34)40-26-45-23-8-7-18-41(45)44-40)29-24-28-20-19-27-10-9-17-38-35-15-5-2-12-32(35)33-13-3-6-16-36(33)39(25-29)43(28)42(27)38/h1-26H. The molecule has 0 aliphatic carbocycles. The number of aromatic nitrogens is 2. The highest BCUT2D eigenvalue weighted by Gasteiger charge is 2.16. The highest BCUT2D eigenvalue weighted by molar-refractivity contribution is 6.33. The Hall–Kier alpha value is -5.99. The van der Waals surface area contributed by atoms with Crippen molar-refractivity contribution in [3.8, 4) is 22.4 Å². The molecule has 0 bridgehead atoms. The largest absolute Gasteiger partial charge is 0.306 e. The predicted molar refractivity (Wildman–Crippen MR) is 191 cm³/mol. The Balaban J connectivity index is 1.34. The van der Waals surface area contributed by atoms with Gasteiger partial charge >= 0.3 is 0 Å². The van der Waals surface area contributed by atoms with E-state index in [1.54, 1.807) is 0 Å². The zero-order chi connectivity index (χ0) is 29.5. The number of fused-ring (bicyclic) bond motifs is 7. The van der Waals surface area contributed by atoms with E-state index < -0.39 is 0 Å². The van der Waals surface area contributed by atoms with Gasteiger partial charge in [-0.3, -0.25) is 0 Å². The van der Waals surface area contributed by atoms with E-state index in [9.17, 15) is 0 Å².